The number of allylic oxidation sites excluding steroid dienone is 1. The number of alkyl carbamates (subject to hydrolysis) is 1. The summed E-state index contributed by atoms with van der Waals surface area (Å²) in [6.07, 6.45) is 9.75. The van der Waals surface area contributed by atoms with Gasteiger partial charge in [0.05, 0.1) is 0 Å². The van der Waals surface area contributed by atoms with Crippen molar-refractivity contribution in [3.63, 3.8) is 0 Å². The second-order valence-corrected chi connectivity index (χ2v) is 7.77. The molecule has 0 spiro atoms. The van der Waals surface area contributed by atoms with E-state index in [1.165, 1.54) is 0 Å². The average Bonchev–Trinajstić information content (AvgIpc) is 3.15. The SMILES string of the molecule is C=CCC[C@@H]1CCC[C@@]1(C)OC(=O)N[C@](C)(C(=O)O)C1CCCC1. The second kappa shape index (κ2) is 7.58. The van der Waals surface area contributed by atoms with E-state index in [9.17, 15) is 14.7 Å². The molecule has 3 atom stereocenters. The van der Waals surface area contributed by atoms with E-state index in [0.29, 0.717) is 5.92 Å². The maximum Gasteiger partial charge on any atom is 0.408 e. The van der Waals surface area contributed by atoms with Crippen molar-refractivity contribution < 1.29 is 19.4 Å². The molecule has 0 aromatic rings. The van der Waals surface area contributed by atoms with Crippen LogP contribution in [0.15, 0.2) is 12.7 Å². The van der Waals surface area contributed by atoms with Crippen LogP contribution < -0.4 is 5.32 Å². The number of rotatable bonds is 7. The first-order valence-electron chi connectivity index (χ1n) is 9.17. The second-order valence-electron chi connectivity index (χ2n) is 7.77. The standard InChI is InChI=1S/C19H31NO4/c1-4-5-9-14-12-8-13-18(14,2)24-17(23)20-19(3,16(21)22)15-10-6-7-11-15/h4,14-15H,1,5-13H2,2-3H3,(H,20,23)(H,21,22)/t14-,18-,19+/m1/s1. The van der Waals surface area contributed by atoms with E-state index < -0.39 is 23.2 Å². The Labute approximate surface area is 144 Å². The van der Waals surface area contributed by atoms with Gasteiger partial charge in [0.1, 0.15) is 11.1 Å². The highest BCUT2D eigenvalue weighted by Crippen LogP contribution is 2.41. The normalized spacial score (nSPS) is 29.8. The summed E-state index contributed by atoms with van der Waals surface area (Å²) in [5, 5.41) is 12.3. The molecule has 5 heteroatoms. The third-order valence-corrected chi connectivity index (χ3v) is 6.11. The van der Waals surface area contributed by atoms with Gasteiger partial charge in [-0.3, -0.25) is 0 Å². The first kappa shape index (κ1) is 18.8. The first-order chi connectivity index (χ1) is 11.3. The van der Waals surface area contributed by atoms with E-state index in [4.69, 9.17) is 4.74 Å². The molecule has 0 radical (unpaired) electrons. The van der Waals surface area contributed by atoms with Crippen molar-refractivity contribution in [2.24, 2.45) is 11.8 Å². The van der Waals surface area contributed by atoms with Crippen LogP contribution in [0.3, 0.4) is 0 Å². The third kappa shape index (κ3) is 3.93. The number of carbonyl (C=O) groups excluding carboxylic acids is 1. The minimum atomic E-state index is -1.25. The summed E-state index contributed by atoms with van der Waals surface area (Å²) in [6, 6.07) is 0. The number of carbonyl (C=O) groups is 2. The summed E-state index contributed by atoms with van der Waals surface area (Å²) in [7, 11) is 0. The highest BCUT2D eigenvalue weighted by molar-refractivity contribution is 5.84. The smallest absolute Gasteiger partial charge is 0.408 e. The molecule has 0 unspecified atom stereocenters. The van der Waals surface area contributed by atoms with Gasteiger partial charge in [-0.15, -0.1) is 6.58 Å². The summed E-state index contributed by atoms with van der Waals surface area (Å²) >= 11 is 0. The Bertz CT molecular complexity index is 486. The van der Waals surface area contributed by atoms with Crippen molar-refractivity contribution in [2.75, 3.05) is 0 Å². The Balaban J connectivity index is 2.02. The van der Waals surface area contributed by atoms with Gasteiger partial charge in [0, 0.05) is 0 Å². The zero-order valence-electron chi connectivity index (χ0n) is 15.0. The molecule has 2 aliphatic rings. The van der Waals surface area contributed by atoms with Gasteiger partial charge in [-0.05, 0) is 70.6 Å². The molecular weight excluding hydrogens is 306 g/mol. The lowest BCUT2D eigenvalue weighted by Gasteiger charge is -2.36. The zero-order chi connectivity index (χ0) is 17.8. The Kier molecular flexibility index (Phi) is 5.94. The van der Waals surface area contributed by atoms with Gasteiger partial charge >= 0.3 is 12.1 Å². The Morgan fingerprint density at radius 3 is 2.58 bits per heavy atom. The van der Waals surface area contributed by atoms with Gasteiger partial charge in [0.25, 0.3) is 0 Å². The molecule has 0 aromatic heterocycles. The molecule has 5 nitrogen and oxygen atoms in total. The van der Waals surface area contributed by atoms with Crippen molar-refractivity contribution in [1.82, 2.24) is 5.32 Å². The van der Waals surface area contributed by atoms with E-state index in [1.54, 1.807) is 6.92 Å². The summed E-state index contributed by atoms with van der Waals surface area (Å²) in [4.78, 5) is 24.3. The van der Waals surface area contributed by atoms with E-state index in [-0.39, 0.29) is 5.92 Å². The molecule has 1 amide bonds. The number of aliphatic carboxylic acids is 1. The molecule has 2 rings (SSSR count). The molecule has 136 valence electrons. The number of hydrogen-bond acceptors (Lipinski definition) is 3. The van der Waals surface area contributed by atoms with Crippen molar-refractivity contribution >= 4 is 12.1 Å². The number of ether oxygens (including phenoxy) is 1. The van der Waals surface area contributed by atoms with Crippen LogP contribution in [0.4, 0.5) is 4.79 Å². The molecule has 0 aromatic carbocycles. The number of carboxylic acids is 1. The van der Waals surface area contributed by atoms with Gasteiger partial charge < -0.3 is 15.2 Å². The van der Waals surface area contributed by atoms with Crippen molar-refractivity contribution in [3.8, 4) is 0 Å². The molecule has 0 bridgehead atoms. The molecule has 2 N–H and O–H groups in total. The number of hydrogen-bond donors (Lipinski definition) is 2. The Morgan fingerprint density at radius 2 is 2.00 bits per heavy atom. The average molecular weight is 337 g/mol. The number of amides is 1. The molecule has 24 heavy (non-hydrogen) atoms. The molecule has 2 aliphatic carbocycles. The molecule has 2 fully saturated rings. The van der Waals surface area contributed by atoms with E-state index in [2.05, 4.69) is 11.9 Å². The lowest BCUT2D eigenvalue weighted by atomic mass is 9.84. The Morgan fingerprint density at radius 1 is 1.33 bits per heavy atom. The predicted molar refractivity (Wildman–Crippen MR) is 92.8 cm³/mol. The van der Waals surface area contributed by atoms with Crippen LogP contribution in [0.5, 0.6) is 0 Å². The highest BCUT2D eigenvalue weighted by Gasteiger charge is 2.47. The van der Waals surface area contributed by atoms with E-state index in [0.717, 1.165) is 57.8 Å². The fourth-order valence-electron chi connectivity index (χ4n) is 4.39. The van der Waals surface area contributed by atoms with Crippen LogP contribution in [0.2, 0.25) is 0 Å². The van der Waals surface area contributed by atoms with Gasteiger partial charge in [-0.25, -0.2) is 9.59 Å². The van der Waals surface area contributed by atoms with Crippen molar-refractivity contribution in [2.45, 2.75) is 82.8 Å². The van der Waals surface area contributed by atoms with Crippen LogP contribution in [0.1, 0.15) is 71.6 Å². The topological polar surface area (TPSA) is 75.6 Å². The van der Waals surface area contributed by atoms with E-state index in [1.807, 2.05) is 13.0 Å². The van der Waals surface area contributed by atoms with Crippen LogP contribution in [0, 0.1) is 11.8 Å². The van der Waals surface area contributed by atoms with Crippen LogP contribution in [-0.2, 0) is 9.53 Å². The van der Waals surface area contributed by atoms with Crippen LogP contribution in [0.25, 0.3) is 0 Å². The fourth-order valence-corrected chi connectivity index (χ4v) is 4.39. The molecule has 0 saturated heterocycles. The minimum Gasteiger partial charge on any atom is -0.480 e. The summed E-state index contributed by atoms with van der Waals surface area (Å²) < 4.78 is 5.77. The van der Waals surface area contributed by atoms with Gasteiger partial charge in [0.2, 0.25) is 0 Å². The predicted octanol–water partition coefficient (Wildman–Crippen LogP) is 4.27. The van der Waals surface area contributed by atoms with Gasteiger partial charge in [0.15, 0.2) is 0 Å². The van der Waals surface area contributed by atoms with Crippen molar-refractivity contribution in [3.05, 3.63) is 12.7 Å². The lowest BCUT2D eigenvalue weighted by Crippen LogP contribution is -2.58. The maximum atomic E-state index is 12.5. The van der Waals surface area contributed by atoms with Crippen molar-refractivity contribution in [1.29, 1.82) is 0 Å². The van der Waals surface area contributed by atoms with E-state index >= 15 is 0 Å². The molecule has 2 saturated carbocycles. The summed E-state index contributed by atoms with van der Waals surface area (Å²) in [5.41, 5.74) is -1.76. The zero-order valence-corrected chi connectivity index (χ0v) is 15.0. The summed E-state index contributed by atoms with van der Waals surface area (Å²) in [5.74, 6) is -0.703. The maximum absolute atomic E-state index is 12.5. The van der Waals surface area contributed by atoms with Gasteiger partial charge in [-0.1, -0.05) is 18.9 Å². The first-order valence-corrected chi connectivity index (χ1v) is 9.17. The monoisotopic (exact) mass is 337 g/mol. The largest absolute Gasteiger partial charge is 0.480 e. The van der Waals surface area contributed by atoms with Crippen LogP contribution >= 0.6 is 0 Å². The fraction of sp³-hybridized carbons (Fsp3) is 0.789. The molecule has 0 heterocycles. The molecule has 0 aliphatic heterocycles. The minimum absolute atomic E-state index is 0.0319. The Hall–Kier alpha value is -1.52. The highest BCUT2D eigenvalue weighted by atomic mass is 16.6. The van der Waals surface area contributed by atoms with Crippen LogP contribution in [-0.4, -0.2) is 28.3 Å². The number of nitrogens with one attached hydrogen (secondary N) is 1. The number of carboxylic acid groups (broad SMARTS) is 1. The summed E-state index contributed by atoms with van der Waals surface area (Å²) in [6.45, 7) is 7.34. The van der Waals surface area contributed by atoms with Gasteiger partial charge in [-0.2, -0.15) is 0 Å². The quantitative estimate of drug-likeness (QED) is 0.680. The molecular formula is C19H31NO4. The lowest BCUT2D eigenvalue weighted by molar-refractivity contribution is -0.146. The third-order valence-electron chi connectivity index (χ3n) is 6.11.